The van der Waals surface area contributed by atoms with Gasteiger partial charge < -0.3 is 5.32 Å². The molecule has 0 aliphatic carbocycles. The van der Waals surface area contributed by atoms with E-state index >= 15 is 0 Å². The standard InChI is InChI=1S/C19H22N4O2S/c1-10-7-6-8-11(2)17(10)21-16(24)9-15-13(4)22-23(18(15)25)19-20-12(3)14(5)26-19/h6-8,22H,9H2,1-5H3,(H,21,24). The number of hydrogen-bond acceptors (Lipinski definition) is 4. The molecule has 1 aromatic carbocycles. The van der Waals surface area contributed by atoms with Crippen LogP contribution < -0.4 is 10.9 Å². The number of rotatable bonds is 4. The van der Waals surface area contributed by atoms with Crippen molar-refractivity contribution in [1.29, 1.82) is 0 Å². The largest absolute Gasteiger partial charge is 0.325 e. The average molecular weight is 370 g/mol. The zero-order valence-corrected chi connectivity index (χ0v) is 16.4. The number of aromatic nitrogens is 3. The van der Waals surface area contributed by atoms with Gasteiger partial charge in [-0.1, -0.05) is 29.5 Å². The van der Waals surface area contributed by atoms with Crippen molar-refractivity contribution in [1.82, 2.24) is 14.8 Å². The molecule has 2 heterocycles. The lowest BCUT2D eigenvalue weighted by atomic mass is 10.1. The van der Waals surface area contributed by atoms with Gasteiger partial charge in [0.15, 0.2) is 0 Å². The number of thiazole rings is 1. The number of carbonyl (C=O) groups is 1. The minimum absolute atomic E-state index is 0.0191. The summed E-state index contributed by atoms with van der Waals surface area (Å²) in [7, 11) is 0. The first-order valence-corrected chi connectivity index (χ1v) is 9.20. The van der Waals surface area contributed by atoms with Crippen LogP contribution in [-0.2, 0) is 11.2 Å². The molecular formula is C19H22N4O2S. The second kappa shape index (κ2) is 6.92. The van der Waals surface area contributed by atoms with E-state index in [4.69, 9.17) is 0 Å². The summed E-state index contributed by atoms with van der Waals surface area (Å²) in [5.41, 5.74) is 4.60. The number of nitrogens with zero attached hydrogens (tertiary/aromatic N) is 2. The second-order valence-electron chi connectivity index (χ2n) is 6.49. The lowest BCUT2D eigenvalue weighted by molar-refractivity contribution is -0.115. The maximum atomic E-state index is 12.8. The van der Waals surface area contributed by atoms with Crippen LogP contribution >= 0.6 is 11.3 Å². The zero-order valence-electron chi connectivity index (χ0n) is 15.6. The molecule has 3 aromatic rings. The Kier molecular flexibility index (Phi) is 4.82. The van der Waals surface area contributed by atoms with Crippen molar-refractivity contribution in [3.8, 4) is 5.13 Å². The summed E-state index contributed by atoms with van der Waals surface area (Å²) in [6, 6.07) is 5.85. The van der Waals surface area contributed by atoms with Gasteiger partial charge in [0, 0.05) is 21.8 Å². The number of aromatic amines is 1. The van der Waals surface area contributed by atoms with E-state index in [1.54, 1.807) is 6.92 Å². The molecule has 0 saturated carbocycles. The first-order valence-electron chi connectivity index (χ1n) is 8.39. The van der Waals surface area contributed by atoms with Crippen molar-refractivity contribution in [2.24, 2.45) is 0 Å². The Morgan fingerprint density at radius 2 is 1.85 bits per heavy atom. The van der Waals surface area contributed by atoms with E-state index in [0.717, 1.165) is 27.4 Å². The van der Waals surface area contributed by atoms with Crippen molar-refractivity contribution in [2.45, 2.75) is 41.0 Å². The molecule has 0 saturated heterocycles. The molecule has 26 heavy (non-hydrogen) atoms. The Morgan fingerprint density at radius 1 is 1.19 bits per heavy atom. The first-order chi connectivity index (χ1) is 12.3. The minimum Gasteiger partial charge on any atom is -0.325 e. The van der Waals surface area contributed by atoms with Crippen molar-refractivity contribution >= 4 is 22.9 Å². The number of aryl methyl sites for hydroxylation is 5. The molecule has 2 N–H and O–H groups in total. The maximum absolute atomic E-state index is 12.8. The smallest absolute Gasteiger partial charge is 0.277 e. The summed E-state index contributed by atoms with van der Waals surface area (Å²) >= 11 is 1.45. The highest BCUT2D eigenvalue weighted by molar-refractivity contribution is 7.14. The van der Waals surface area contributed by atoms with Crippen LogP contribution in [-0.4, -0.2) is 20.7 Å². The number of nitrogens with one attached hydrogen (secondary N) is 2. The van der Waals surface area contributed by atoms with E-state index < -0.39 is 0 Å². The van der Waals surface area contributed by atoms with E-state index in [0.29, 0.717) is 16.4 Å². The molecule has 0 spiro atoms. The Hall–Kier alpha value is -2.67. The van der Waals surface area contributed by atoms with Crippen LogP contribution in [0.3, 0.4) is 0 Å². The number of amides is 1. The predicted molar refractivity (Wildman–Crippen MR) is 105 cm³/mol. The molecule has 0 aliphatic rings. The topological polar surface area (TPSA) is 79.8 Å². The van der Waals surface area contributed by atoms with Gasteiger partial charge in [-0.3, -0.25) is 14.7 Å². The number of carbonyl (C=O) groups excluding carboxylic acids is 1. The average Bonchev–Trinajstić information content (AvgIpc) is 3.05. The van der Waals surface area contributed by atoms with Gasteiger partial charge in [0.2, 0.25) is 11.0 Å². The predicted octanol–water partition coefficient (Wildman–Crippen LogP) is 3.35. The van der Waals surface area contributed by atoms with Crippen LogP contribution in [0.15, 0.2) is 23.0 Å². The van der Waals surface area contributed by atoms with Crippen LogP contribution in [0.2, 0.25) is 0 Å². The van der Waals surface area contributed by atoms with E-state index in [-0.39, 0.29) is 17.9 Å². The lowest BCUT2D eigenvalue weighted by Gasteiger charge is -2.11. The fraction of sp³-hybridized carbons (Fsp3) is 0.316. The molecule has 6 nitrogen and oxygen atoms in total. The summed E-state index contributed by atoms with van der Waals surface area (Å²) in [5, 5.41) is 6.56. The lowest BCUT2D eigenvalue weighted by Crippen LogP contribution is -2.22. The van der Waals surface area contributed by atoms with Gasteiger partial charge in [-0.05, 0) is 45.7 Å². The summed E-state index contributed by atoms with van der Waals surface area (Å²) in [6.45, 7) is 9.58. The van der Waals surface area contributed by atoms with Crippen LogP contribution in [0.4, 0.5) is 5.69 Å². The van der Waals surface area contributed by atoms with Gasteiger partial charge >= 0.3 is 0 Å². The third-order valence-corrected chi connectivity index (χ3v) is 5.54. The van der Waals surface area contributed by atoms with Gasteiger partial charge in [0.1, 0.15) is 0 Å². The minimum atomic E-state index is -0.229. The molecule has 0 bridgehead atoms. The van der Waals surface area contributed by atoms with Gasteiger partial charge in [-0.15, -0.1) is 0 Å². The van der Waals surface area contributed by atoms with E-state index in [1.165, 1.54) is 16.0 Å². The van der Waals surface area contributed by atoms with Crippen molar-refractivity contribution in [2.75, 3.05) is 5.32 Å². The summed E-state index contributed by atoms with van der Waals surface area (Å²) in [6.07, 6.45) is 0.0191. The number of para-hydroxylation sites is 1. The fourth-order valence-corrected chi connectivity index (χ4v) is 3.70. The molecule has 0 atom stereocenters. The van der Waals surface area contributed by atoms with Crippen molar-refractivity contribution in [3.05, 3.63) is 61.5 Å². The Labute approximate surface area is 155 Å². The van der Waals surface area contributed by atoms with Gasteiger partial charge in [-0.25, -0.2) is 4.98 Å². The first kappa shape index (κ1) is 18.1. The van der Waals surface area contributed by atoms with Gasteiger partial charge in [0.25, 0.3) is 5.56 Å². The molecule has 136 valence electrons. The Bertz CT molecular complexity index is 1000. The molecular weight excluding hydrogens is 348 g/mol. The zero-order chi connectivity index (χ0) is 19.0. The third-order valence-electron chi connectivity index (χ3n) is 4.48. The molecule has 0 aliphatic heterocycles. The molecule has 0 radical (unpaired) electrons. The van der Waals surface area contributed by atoms with Crippen molar-refractivity contribution < 1.29 is 4.79 Å². The molecule has 0 unspecified atom stereocenters. The van der Waals surface area contributed by atoms with Crippen LogP contribution in [0.5, 0.6) is 0 Å². The van der Waals surface area contributed by atoms with E-state index in [2.05, 4.69) is 15.4 Å². The monoisotopic (exact) mass is 370 g/mol. The van der Waals surface area contributed by atoms with Crippen molar-refractivity contribution in [3.63, 3.8) is 0 Å². The van der Waals surface area contributed by atoms with Gasteiger partial charge in [-0.2, -0.15) is 4.68 Å². The number of H-pyrrole nitrogens is 1. The highest BCUT2D eigenvalue weighted by atomic mass is 32.1. The number of anilines is 1. The quantitative estimate of drug-likeness (QED) is 0.739. The normalized spacial score (nSPS) is 11.0. The highest BCUT2D eigenvalue weighted by Gasteiger charge is 2.18. The Balaban J connectivity index is 1.86. The van der Waals surface area contributed by atoms with Crippen LogP contribution in [0.25, 0.3) is 5.13 Å². The summed E-state index contributed by atoms with van der Waals surface area (Å²) < 4.78 is 1.42. The molecule has 3 rings (SSSR count). The highest BCUT2D eigenvalue weighted by Crippen LogP contribution is 2.21. The number of benzene rings is 1. The molecule has 7 heteroatoms. The van der Waals surface area contributed by atoms with E-state index in [9.17, 15) is 9.59 Å². The summed E-state index contributed by atoms with van der Waals surface area (Å²) in [5.74, 6) is -0.208. The Morgan fingerprint density at radius 3 is 2.42 bits per heavy atom. The van der Waals surface area contributed by atoms with Gasteiger partial charge in [0.05, 0.1) is 12.1 Å². The molecule has 1 amide bonds. The molecule has 2 aromatic heterocycles. The maximum Gasteiger partial charge on any atom is 0.277 e. The number of hydrogen-bond donors (Lipinski definition) is 2. The third kappa shape index (κ3) is 3.35. The van der Waals surface area contributed by atoms with E-state index in [1.807, 2.05) is 45.9 Å². The SMILES string of the molecule is Cc1cccc(C)c1NC(=O)Cc1c(C)[nH]n(-c2nc(C)c(C)s2)c1=O. The summed E-state index contributed by atoms with van der Waals surface area (Å²) in [4.78, 5) is 30.7. The molecule has 0 fully saturated rings. The van der Waals surface area contributed by atoms with Crippen LogP contribution in [0, 0.1) is 34.6 Å². The fourth-order valence-electron chi connectivity index (χ4n) is 2.83. The second-order valence-corrected chi connectivity index (χ2v) is 7.67. The van der Waals surface area contributed by atoms with Crippen LogP contribution in [0.1, 0.15) is 33.0 Å².